The number of nitrogens with one attached hydrogen (secondary N) is 2. The Morgan fingerprint density at radius 2 is 2.18 bits per heavy atom. The summed E-state index contributed by atoms with van der Waals surface area (Å²) in [7, 11) is 0.473. The first-order chi connectivity index (χ1) is 10.4. The highest BCUT2D eigenvalue weighted by atomic mass is 32.2. The Bertz CT molecular complexity index is 581. The molecule has 0 saturated carbocycles. The molecule has 0 aliphatic rings. The maximum absolute atomic E-state index is 11.5. The minimum Gasteiger partial charge on any atom is -0.356 e. The van der Waals surface area contributed by atoms with Crippen molar-refractivity contribution >= 4 is 16.0 Å². The Morgan fingerprint density at radius 1 is 1.45 bits per heavy atom. The Balaban J connectivity index is 2.31. The fourth-order valence-corrected chi connectivity index (χ4v) is 2.92. The molecule has 0 amide bonds. The molecule has 0 aromatic carbocycles. The minimum absolute atomic E-state index is 0.492. The van der Waals surface area contributed by atoms with Crippen LogP contribution in [0.1, 0.15) is 19.0 Å². The lowest BCUT2D eigenvalue weighted by atomic mass is 10.4. The number of hydrogen-bond donors (Lipinski definition) is 2. The van der Waals surface area contributed by atoms with Crippen molar-refractivity contribution in [1.82, 2.24) is 24.7 Å². The molecule has 0 fully saturated rings. The normalized spacial score (nSPS) is 12.7. The van der Waals surface area contributed by atoms with Crippen LogP contribution in [0.3, 0.4) is 0 Å². The van der Waals surface area contributed by atoms with Crippen molar-refractivity contribution in [1.29, 1.82) is 0 Å². The van der Waals surface area contributed by atoms with Crippen LogP contribution in [-0.2, 0) is 23.6 Å². The monoisotopic (exact) mass is 330 g/mol. The van der Waals surface area contributed by atoms with Crippen LogP contribution < -0.4 is 10.6 Å². The van der Waals surface area contributed by atoms with Crippen LogP contribution in [0.15, 0.2) is 17.3 Å². The van der Waals surface area contributed by atoms with Crippen LogP contribution in [0.25, 0.3) is 0 Å². The highest BCUT2D eigenvalue weighted by molar-refractivity contribution is 7.88. The van der Waals surface area contributed by atoms with E-state index in [0.717, 1.165) is 5.69 Å². The van der Waals surface area contributed by atoms with Gasteiger partial charge in [0.25, 0.3) is 0 Å². The van der Waals surface area contributed by atoms with E-state index in [-0.39, 0.29) is 0 Å². The van der Waals surface area contributed by atoms with Gasteiger partial charge in [-0.25, -0.2) is 12.7 Å². The lowest BCUT2D eigenvalue weighted by Crippen LogP contribution is -2.39. The van der Waals surface area contributed by atoms with Gasteiger partial charge in [0.2, 0.25) is 10.0 Å². The summed E-state index contributed by atoms with van der Waals surface area (Å²) in [5.74, 6) is 0.684. The Kier molecular flexibility index (Phi) is 7.33. The molecule has 0 spiro atoms. The summed E-state index contributed by atoms with van der Waals surface area (Å²) in [4.78, 5) is 4.14. The molecule has 0 aliphatic carbocycles. The first-order valence-corrected chi connectivity index (χ1v) is 9.09. The zero-order valence-electron chi connectivity index (χ0n) is 13.7. The third-order valence-electron chi connectivity index (χ3n) is 3.28. The van der Waals surface area contributed by atoms with Gasteiger partial charge in [0.05, 0.1) is 18.5 Å². The lowest BCUT2D eigenvalue weighted by molar-refractivity contribution is 0.424. The van der Waals surface area contributed by atoms with Crippen LogP contribution >= 0.6 is 0 Å². The Labute approximate surface area is 132 Å². The molecule has 8 nitrogen and oxygen atoms in total. The number of rotatable bonds is 8. The van der Waals surface area contributed by atoms with E-state index >= 15 is 0 Å². The molecule has 1 aromatic heterocycles. The fraction of sp³-hybridized carbons (Fsp3) is 0.692. The van der Waals surface area contributed by atoms with Gasteiger partial charge in [-0.1, -0.05) is 6.92 Å². The first-order valence-electron chi connectivity index (χ1n) is 7.25. The van der Waals surface area contributed by atoms with Crippen molar-refractivity contribution in [2.75, 3.05) is 32.9 Å². The van der Waals surface area contributed by atoms with E-state index in [1.165, 1.54) is 10.6 Å². The van der Waals surface area contributed by atoms with Crippen molar-refractivity contribution in [3.63, 3.8) is 0 Å². The molecule has 0 unspecified atom stereocenters. The molecular formula is C13H26N6O2S. The van der Waals surface area contributed by atoms with E-state index in [9.17, 15) is 8.42 Å². The van der Waals surface area contributed by atoms with Crippen molar-refractivity contribution in [2.24, 2.45) is 12.0 Å². The van der Waals surface area contributed by atoms with E-state index < -0.39 is 10.0 Å². The second-order valence-electron chi connectivity index (χ2n) is 4.91. The average Bonchev–Trinajstić information content (AvgIpc) is 2.86. The molecule has 0 radical (unpaired) electrons. The average molecular weight is 330 g/mol. The number of aliphatic imine (C=N–C) groups is 1. The van der Waals surface area contributed by atoms with Crippen LogP contribution in [0.2, 0.25) is 0 Å². The molecule has 22 heavy (non-hydrogen) atoms. The van der Waals surface area contributed by atoms with Gasteiger partial charge < -0.3 is 10.6 Å². The molecule has 2 N–H and O–H groups in total. The number of hydrogen-bond acceptors (Lipinski definition) is 4. The number of sulfonamides is 1. The molecule has 9 heteroatoms. The Hall–Kier alpha value is -1.61. The summed E-state index contributed by atoms with van der Waals surface area (Å²) in [6, 6.07) is 1.94. The van der Waals surface area contributed by atoms with Crippen molar-refractivity contribution in [2.45, 2.75) is 19.9 Å². The summed E-state index contributed by atoms with van der Waals surface area (Å²) in [5, 5.41) is 10.5. The summed E-state index contributed by atoms with van der Waals surface area (Å²) in [5.41, 5.74) is 1.05. The summed E-state index contributed by atoms with van der Waals surface area (Å²) >= 11 is 0. The smallest absolute Gasteiger partial charge is 0.211 e. The molecule has 126 valence electrons. The molecule has 0 atom stereocenters. The van der Waals surface area contributed by atoms with Gasteiger partial charge in [-0.05, 0) is 12.5 Å². The van der Waals surface area contributed by atoms with Gasteiger partial charge in [-0.2, -0.15) is 5.10 Å². The van der Waals surface area contributed by atoms with Crippen molar-refractivity contribution in [3.8, 4) is 0 Å². The van der Waals surface area contributed by atoms with Crippen LogP contribution in [0.5, 0.6) is 0 Å². The number of aromatic nitrogens is 2. The predicted octanol–water partition coefficient (Wildman–Crippen LogP) is -0.243. The fourth-order valence-electron chi connectivity index (χ4n) is 1.99. The summed E-state index contributed by atoms with van der Waals surface area (Å²) < 4.78 is 26.2. The maximum atomic E-state index is 11.5. The van der Waals surface area contributed by atoms with Gasteiger partial charge >= 0.3 is 0 Å². The molecule has 0 aliphatic heterocycles. The SMILES string of the molecule is CCN(CCCNC(=NC)NCc1ccnn1C)S(C)(=O)=O. The van der Waals surface area contributed by atoms with E-state index in [0.29, 0.717) is 38.6 Å². The molecule has 0 saturated heterocycles. The third-order valence-corrected chi connectivity index (χ3v) is 4.66. The highest BCUT2D eigenvalue weighted by Gasteiger charge is 2.13. The first kappa shape index (κ1) is 18.4. The lowest BCUT2D eigenvalue weighted by Gasteiger charge is -2.18. The van der Waals surface area contributed by atoms with Gasteiger partial charge in [0.15, 0.2) is 5.96 Å². The third kappa shape index (κ3) is 6.02. The molecule has 1 aromatic rings. The van der Waals surface area contributed by atoms with Crippen molar-refractivity contribution < 1.29 is 8.42 Å². The molecular weight excluding hydrogens is 304 g/mol. The maximum Gasteiger partial charge on any atom is 0.211 e. The topological polar surface area (TPSA) is 91.6 Å². The number of guanidine groups is 1. The zero-order valence-corrected chi connectivity index (χ0v) is 14.5. The summed E-state index contributed by atoms with van der Waals surface area (Å²) in [6.07, 6.45) is 3.70. The minimum atomic E-state index is -3.12. The van der Waals surface area contributed by atoms with Crippen LogP contribution in [0.4, 0.5) is 0 Å². The molecule has 1 heterocycles. The van der Waals surface area contributed by atoms with E-state index in [2.05, 4.69) is 20.7 Å². The van der Waals surface area contributed by atoms with Gasteiger partial charge in [0, 0.05) is 39.9 Å². The summed E-state index contributed by atoms with van der Waals surface area (Å²) in [6.45, 7) is 4.11. The second-order valence-corrected chi connectivity index (χ2v) is 6.89. The number of nitrogens with zero attached hydrogens (tertiary/aromatic N) is 4. The van der Waals surface area contributed by atoms with Gasteiger partial charge in [0.1, 0.15) is 0 Å². The highest BCUT2D eigenvalue weighted by Crippen LogP contribution is 1.98. The zero-order chi connectivity index (χ0) is 16.6. The Morgan fingerprint density at radius 3 is 2.68 bits per heavy atom. The molecule has 1 rings (SSSR count). The number of aryl methyl sites for hydroxylation is 1. The largest absolute Gasteiger partial charge is 0.356 e. The van der Waals surface area contributed by atoms with E-state index in [1.807, 2.05) is 20.0 Å². The second kappa shape index (κ2) is 8.74. The molecule has 0 bridgehead atoms. The van der Waals surface area contributed by atoms with Crippen molar-refractivity contribution in [3.05, 3.63) is 18.0 Å². The van der Waals surface area contributed by atoms with Gasteiger partial charge in [-0.3, -0.25) is 9.67 Å². The van der Waals surface area contributed by atoms with Crippen LogP contribution in [-0.4, -0.2) is 61.4 Å². The van der Waals surface area contributed by atoms with Crippen LogP contribution in [0, 0.1) is 0 Å². The standard InChI is InChI=1S/C13H26N6O2S/c1-5-19(22(4,20)21)10-6-8-15-13(14-2)16-11-12-7-9-17-18(12)3/h7,9H,5-6,8,10-11H2,1-4H3,(H2,14,15,16). The van der Waals surface area contributed by atoms with E-state index in [4.69, 9.17) is 0 Å². The quantitative estimate of drug-likeness (QED) is 0.390. The van der Waals surface area contributed by atoms with E-state index in [1.54, 1.807) is 17.9 Å². The predicted molar refractivity (Wildman–Crippen MR) is 88.1 cm³/mol. The van der Waals surface area contributed by atoms with Gasteiger partial charge in [-0.15, -0.1) is 0 Å².